The first-order valence-corrected chi connectivity index (χ1v) is 6.27. The van der Waals surface area contributed by atoms with Crippen LogP contribution in [0.5, 0.6) is 0 Å². The van der Waals surface area contributed by atoms with Gasteiger partial charge in [-0.15, -0.1) is 0 Å². The Bertz CT molecular complexity index is 634. The van der Waals surface area contributed by atoms with Crippen LogP contribution in [0, 0.1) is 6.92 Å². The summed E-state index contributed by atoms with van der Waals surface area (Å²) in [5.74, 6) is 0. The largest absolute Gasteiger partial charge is 2.00 e. The molecule has 2 heterocycles. The number of nitrogens with zero attached hydrogens (tertiary/aromatic N) is 2. The fourth-order valence-corrected chi connectivity index (χ4v) is 2.15. The summed E-state index contributed by atoms with van der Waals surface area (Å²) in [6.07, 6.45) is 3.64. The summed E-state index contributed by atoms with van der Waals surface area (Å²) in [5, 5.41) is 0. The van der Waals surface area contributed by atoms with Crippen LogP contribution in [-0.2, 0) is 21.1 Å². The second-order valence-electron chi connectivity index (χ2n) is 4.52. The van der Waals surface area contributed by atoms with Gasteiger partial charge in [-0.05, 0) is 55.0 Å². The summed E-state index contributed by atoms with van der Waals surface area (Å²) in [6.45, 7) is 2.10. The molecule has 116 valence electrons. The molecule has 0 saturated heterocycles. The second-order valence-corrected chi connectivity index (χ2v) is 4.52. The third kappa shape index (κ3) is 4.91. The molecule has 0 saturated carbocycles. The van der Waals surface area contributed by atoms with Crippen molar-refractivity contribution in [3.8, 4) is 22.5 Å². The average Bonchev–Trinajstić information content (AvgIpc) is 2.48. The van der Waals surface area contributed by atoms with Crippen LogP contribution < -0.4 is 24.8 Å². The van der Waals surface area contributed by atoms with E-state index in [4.69, 9.17) is 0 Å². The van der Waals surface area contributed by atoms with Gasteiger partial charge in [-0.25, -0.2) is 0 Å². The van der Waals surface area contributed by atoms with Crippen LogP contribution in [0.25, 0.3) is 22.5 Å². The topological polar surface area (TPSA) is 25.8 Å². The number of hydrogen-bond donors (Lipinski definition) is 0. The molecule has 0 spiro atoms. The Labute approximate surface area is 157 Å². The van der Waals surface area contributed by atoms with Crippen LogP contribution in [0.3, 0.4) is 0 Å². The minimum Gasteiger partial charge on any atom is -1.00 e. The van der Waals surface area contributed by atoms with Gasteiger partial charge in [-0.3, -0.25) is 9.97 Å². The summed E-state index contributed by atoms with van der Waals surface area (Å²) >= 11 is 0. The van der Waals surface area contributed by atoms with Gasteiger partial charge in [0.15, 0.2) is 0 Å². The molecule has 22 heavy (non-hydrogen) atoms. The average molecular weight is 512 g/mol. The Morgan fingerprint density at radius 2 is 1.14 bits per heavy atom. The van der Waals surface area contributed by atoms with Gasteiger partial charge in [-0.2, -0.15) is 0 Å². The zero-order valence-electron chi connectivity index (χ0n) is 11.8. The van der Waals surface area contributed by atoms with Crippen molar-refractivity contribution in [1.29, 1.82) is 0 Å². The van der Waals surface area contributed by atoms with Gasteiger partial charge < -0.3 is 24.8 Å². The van der Waals surface area contributed by atoms with Crippen molar-refractivity contribution in [2.24, 2.45) is 0 Å². The van der Waals surface area contributed by atoms with Crippen molar-refractivity contribution < 1.29 is 45.9 Å². The van der Waals surface area contributed by atoms with Gasteiger partial charge in [0, 0.05) is 23.5 Å². The molecule has 0 aliphatic carbocycles. The maximum Gasteiger partial charge on any atom is 2.00 e. The molecule has 0 aliphatic heterocycles. The van der Waals surface area contributed by atoms with E-state index in [0.717, 1.165) is 22.5 Å². The van der Waals surface area contributed by atoms with Gasteiger partial charge in [0.1, 0.15) is 0 Å². The molecule has 0 atom stereocenters. The maximum atomic E-state index is 4.40. The quantitative estimate of drug-likeness (QED) is 0.402. The zero-order valence-corrected chi connectivity index (χ0v) is 15.6. The monoisotopic (exact) mass is 511 g/mol. The normalized spacial score (nSPS) is 8.95. The third-order valence-electron chi connectivity index (χ3n) is 3.00. The Morgan fingerprint density at radius 1 is 0.682 bits per heavy atom. The van der Waals surface area contributed by atoms with Crippen LogP contribution in [0.2, 0.25) is 0 Å². The number of aromatic nitrogens is 2. The van der Waals surface area contributed by atoms with Gasteiger partial charge in [-0.1, -0.05) is 12.1 Å². The standard InChI is InChI=1S/C17H14N2.2ClH.Pt/c1-13-10-14(16-6-2-4-8-18-16)12-15(11-13)17-7-3-5-9-19-17;;;/h2-12H,1H3;2*1H;/q;;;+2/p-2. The van der Waals surface area contributed by atoms with Crippen molar-refractivity contribution in [3.63, 3.8) is 0 Å². The van der Waals surface area contributed by atoms with E-state index in [2.05, 4.69) is 35.1 Å². The molecule has 0 amide bonds. The summed E-state index contributed by atoms with van der Waals surface area (Å²) in [7, 11) is 0. The van der Waals surface area contributed by atoms with E-state index in [0.29, 0.717) is 0 Å². The van der Waals surface area contributed by atoms with Crippen LogP contribution in [0.4, 0.5) is 0 Å². The number of halogens is 2. The molecule has 3 rings (SSSR count). The van der Waals surface area contributed by atoms with E-state index in [1.54, 1.807) is 0 Å². The molecule has 0 unspecified atom stereocenters. The zero-order chi connectivity index (χ0) is 13.1. The first kappa shape index (κ1) is 20.8. The molecule has 1 aromatic carbocycles. The molecule has 0 bridgehead atoms. The molecule has 3 aromatic rings. The van der Waals surface area contributed by atoms with Gasteiger partial charge in [0.05, 0.1) is 11.4 Å². The van der Waals surface area contributed by atoms with E-state index in [1.165, 1.54) is 5.56 Å². The number of rotatable bonds is 2. The fraction of sp³-hybridized carbons (Fsp3) is 0.0588. The van der Waals surface area contributed by atoms with Crippen LogP contribution in [-0.4, -0.2) is 9.97 Å². The molecule has 0 fully saturated rings. The smallest absolute Gasteiger partial charge is 1.00 e. The minimum atomic E-state index is 0. The van der Waals surface area contributed by atoms with Gasteiger partial charge in [0.25, 0.3) is 0 Å². The van der Waals surface area contributed by atoms with Crippen LogP contribution >= 0.6 is 0 Å². The predicted octanol–water partition coefficient (Wildman–Crippen LogP) is -1.88. The number of aryl methyl sites for hydroxylation is 1. The SMILES string of the molecule is Cc1cc(-c2ccccn2)cc(-c2ccccn2)c1.[Cl-].[Cl-].[Pt+2]. The van der Waals surface area contributed by atoms with E-state index in [-0.39, 0.29) is 45.9 Å². The molecule has 0 N–H and O–H groups in total. The van der Waals surface area contributed by atoms with Crippen molar-refractivity contribution in [2.45, 2.75) is 6.92 Å². The summed E-state index contributed by atoms with van der Waals surface area (Å²) < 4.78 is 0. The molecule has 2 nitrogen and oxygen atoms in total. The second kappa shape index (κ2) is 9.73. The first-order valence-electron chi connectivity index (χ1n) is 6.27. The maximum absolute atomic E-state index is 4.40. The Kier molecular flexibility index (Phi) is 9.20. The van der Waals surface area contributed by atoms with E-state index in [1.807, 2.05) is 48.8 Å². The van der Waals surface area contributed by atoms with Crippen molar-refractivity contribution in [2.75, 3.05) is 0 Å². The Hall–Kier alpha value is -1.21. The Balaban J connectivity index is 0.00000147. The van der Waals surface area contributed by atoms with Crippen LogP contribution in [0.1, 0.15) is 5.56 Å². The minimum absolute atomic E-state index is 0. The van der Waals surface area contributed by atoms with Gasteiger partial charge in [0.2, 0.25) is 0 Å². The molecule has 5 heteroatoms. The fourth-order valence-electron chi connectivity index (χ4n) is 2.15. The Morgan fingerprint density at radius 3 is 1.50 bits per heavy atom. The number of hydrogen-bond acceptors (Lipinski definition) is 2. The van der Waals surface area contributed by atoms with Crippen LogP contribution in [0.15, 0.2) is 67.0 Å². The van der Waals surface area contributed by atoms with Gasteiger partial charge >= 0.3 is 21.1 Å². The molecule has 0 aliphatic rings. The summed E-state index contributed by atoms with van der Waals surface area (Å²) in [5.41, 5.74) is 5.44. The van der Waals surface area contributed by atoms with E-state index >= 15 is 0 Å². The number of benzene rings is 1. The van der Waals surface area contributed by atoms with Crippen molar-refractivity contribution >= 4 is 0 Å². The molecular formula is C17H14Cl2N2Pt. The molecule has 2 aromatic heterocycles. The van der Waals surface area contributed by atoms with E-state index in [9.17, 15) is 0 Å². The van der Waals surface area contributed by atoms with Crippen molar-refractivity contribution in [3.05, 3.63) is 72.6 Å². The summed E-state index contributed by atoms with van der Waals surface area (Å²) in [6, 6.07) is 18.4. The van der Waals surface area contributed by atoms with E-state index < -0.39 is 0 Å². The molecule has 0 radical (unpaired) electrons. The predicted molar refractivity (Wildman–Crippen MR) is 77.6 cm³/mol. The third-order valence-corrected chi connectivity index (χ3v) is 3.00. The summed E-state index contributed by atoms with van der Waals surface area (Å²) in [4.78, 5) is 8.81. The first-order chi connectivity index (χ1) is 9.33. The van der Waals surface area contributed by atoms with Crippen molar-refractivity contribution in [1.82, 2.24) is 9.97 Å². The molecular weight excluding hydrogens is 498 g/mol. The number of pyridine rings is 2.